The van der Waals surface area contributed by atoms with Crippen LogP contribution >= 0.6 is 0 Å². The number of ether oxygens (including phenoxy) is 1. The summed E-state index contributed by atoms with van der Waals surface area (Å²) >= 11 is 0. The molecule has 2 aromatic rings. The van der Waals surface area contributed by atoms with E-state index in [4.69, 9.17) is 15.7 Å². The normalized spacial score (nSPS) is 14.9. The van der Waals surface area contributed by atoms with Crippen LogP contribution in [0.15, 0.2) is 24.0 Å². The van der Waals surface area contributed by atoms with Crippen LogP contribution in [-0.4, -0.2) is 59.7 Å². The third-order valence-corrected chi connectivity index (χ3v) is 4.41. The van der Waals surface area contributed by atoms with Gasteiger partial charge in [0.1, 0.15) is 17.3 Å². The number of nitrogens with one attached hydrogen (secondary N) is 1. The molecule has 2 amide bonds. The second kappa shape index (κ2) is 7.78. The lowest BCUT2D eigenvalue weighted by molar-refractivity contribution is -0.114. The number of rotatable bonds is 4. The number of H-pyrrole nitrogens is 1. The van der Waals surface area contributed by atoms with Crippen molar-refractivity contribution in [2.75, 3.05) is 37.7 Å². The monoisotopic (exact) mass is 368 g/mol. The molecule has 0 bridgehead atoms. The van der Waals surface area contributed by atoms with Crippen molar-refractivity contribution < 1.29 is 14.3 Å². The Morgan fingerprint density at radius 3 is 2.78 bits per heavy atom. The molecule has 3 heterocycles. The molecule has 3 N–H and O–H groups in total. The van der Waals surface area contributed by atoms with Gasteiger partial charge >= 0.3 is 6.09 Å². The average molecular weight is 368 g/mol. The maximum atomic E-state index is 11.8. The Bertz CT molecular complexity index is 934. The number of nitriles is 1. The first-order valence-electron chi connectivity index (χ1n) is 8.59. The number of hydrogen-bond acceptors (Lipinski definition) is 6. The van der Waals surface area contributed by atoms with Crippen LogP contribution in [0.2, 0.25) is 0 Å². The molecule has 0 aromatic carbocycles. The van der Waals surface area contributed by atoms with Crippen molar-refractivity contribution in [1.82, 2.24) is 14.9 Å². The Kier molecular flexibility index (Phi) is 5.26. The number of fused-ring (bicyclic) bond motifs is 1. The molecule has 9 heteroatoms. The number of amides is 2. The van der Waals surface area contributed by atoms with Crippen molar-refractivity contribution in [3.05, 3.63) is 29.6 Å². The molecule has 0 aliphatic carbocycles. The Morgan fingerprint density at radius 1 is 1.41 bits per heavy atom. The fraction of sp³-hybridized carbons (Fsp3) is 0.333. The van der Waals surface area contributed by atoms with Gasteiger partial charge in [-0.2, -0.15) is 5.26 Å². The Morgan fingerprint density at radius 2 is 2.15 bits per heavy atom. The van der Waals surface area contributed by atoms with E-state index in [0.29, 0.717) is 44.0 Å². The third-order valence-electron chi connectivity index (χ3n) is 4.41. The summed E-state index contributed by atoms with van der Waals surface area (Å²) in [5.41, 5.74) is 7.30. The van der Waals surface area contributed by atoms with Crippen molar-refractivity contribution in [2.24, 2.45) is 5.73 Å². The predicted molar refractivity (Wildman–Crippen MR) is 99.7 cm³/mol. The smallest absolute Gasteiger partial charge is 0.409 e. The van der Waals surface area contributed by atoms with Crippen LogP contribution in [0.3, 0.4) is 0 Å². The number of nitrogens with zero attached hydrogens (tertiary/aromatic N) is 4. The highest BCUT2D eigenvalue weighted by Gasteiger charge is 2.22. The van der Waals surface area contributed by atoms with Gasteiger partial charge in [-0.15, -0.1) is 0 Å². The topological polar surface area (TPSA) is 128 Å². The van der Waals surface area contributed by atoms with Crippen molar-refractivity contribution in [1.29, 1.82) is 5.26 Å². The molecule has 0 atom stereocenters. The minimum absolute atomic E-state index is 0.121. The number of piperazine rings is 1. The minimum Gasteiger partial charge on any atom is -0.450 e. The number of nitrogens with two attached hydrogens (primary N) is 1. The van der Waals surface area contributed by atoms with Crippen molar-refractivity contribution in [3.8, 4) is 6.07 Å². The van der Waals surface area contributed by atoms with E-state index in [1.54, 1.807) is 30.3 Å². The number of aromatic amines is 1. The molecule has 1 fully saturated rings. The lowest BCUT2D eigenvalue weighted by Crippen LogP contribution is -2.49. The first-order valence-corrected chi connectivity index (χ1v) is 8.59. The molecular formula is C18H20N6O3. The van der Waals surface area contributed by atoms with Crippen molar-refractivity contribution in [2.45, 2.75) is 6.92 Å². The summed E-state index contributed by atoms with van der Waals surface area (Å²) < 4.78 is 5.03. The number of pyridine rings is 1. The van der Waals surface area contributed by atoms with Gasteiger partial charge in [0.25, 0.3) is 5.91 Å². The standard InChI is InChI=1S/C18H20N6O3/c1-2-27-18(26)24-5-3-23(4-6-24)14-8-15-13(7-12(9-19)16(20)25)10-21-17(15)22-11-14/h7-8,10-11H,2-6H2,1H3,(H2,20,25)(H,21,22)/b12-7+. The summed E-state index contributed by atoms with van der Waals surface area (Å²) in [6.45, 7) is 4.60. The molecule has 3 rings (SSSR count). The van der Waals surface area contributed by atoms with E-state index >= 15 is 0 Å². The van der Waals surface area contributed by atoms with Gasteiger partial charge in [-0.3, -0.25) is 4.79 Å². The van der Waals surface area contributed by atoms with Crippen molar-refractivity contribution in [3.63, 3.8) is 0 Å². The zero-order chi connectivity index (χ0) is 19.4. The highest BCUT2D eigenvalue weighted by Crippen LogP contribution is 2.25. The van der Waals surface area contributed by atoms with Crippen LogP contribution in [0.25, 0.3) is 17.1 Å². The minimum atomic E-state index is -0.772. The summed E-state index contributed by atoms with van der Waals surface area (Å²) in [7, 11) is 0. The van der Waals surface area contributed by atoms with Gasteiger partial charge in [0, 0.05) is 43.3 Å². The lowest BCUT2D eigenvalue weighted by Gasteiger charge is -2.35. The lowest BCUT2D eigenvalue weighted by atomic mass is 10.1. The Balaban J connectivity index is 1.81. The van der Waals surface area contributed by atoms with E-state index in [2.05, 4.69) is 14.9 Å². The van der Waals surface area contributed by atoms with Gasteiger partial charge in [0.2, 0.25) is 0 Å². The molecule has 9 nitrogen and oxygen atoms in total. The van der Waals surface area contributed by atoms with E-state index < -0.39 is 5.91 Å². The zero-order valence-corrected chi connectivity index (χ0v) is 14.9. The van der Waals surface area contributed by atoms with Crippen LogP contribution in [0.4, 0.5) is 10.5 Å². The highest BCUT2D eigenvalue weighted by molar-refractivity contribution is 6.03. The summed E-state index contributed by atoms with van der Waals surface area (Å²) in [5.74, 6) is -0.772. The molecule has 1 aliphatic rings. The van der Waals surface area contributed by atoms with E-state index in [1.807, 2.05) is 6.07 Å². The van der Waals surface area contributed by atoms with E-state index in [1.165, 1.54) is 6.08 Å². The molecule has 1 aliphatic heterocycles. The molecule has 0 unspecified atom stereocenters. The number of carbonyl (C=O) groups excluding carboxylic acids is 2. The van der Waals surface area contributed by atoms with Gasteiger partial charge in [-0.25, -0.2) is 9.78 Å². The second-order valence-corrected chi connectivity index (χ2v) is 6.04. The van der Waals surface area contributed by atoms with Gasteiger partial charge in [-0.1, -0.05) is 0 Å². The predicted octanol–water partition coefficient (Wildman–Crippen LogP) is 1.23. The Hall–Kier alpha value is -3.54. The SMILES string of the molecule is CCOC(=O)N1CCN(c2cnc3[nH]cc(/C=C(\C#N)C(N)=O)c3c2)CC1. The maximum absolute atomic E-state index is 11.8. The van der Waals surface area contributed by atoms with Gasteiger partial charge < -0.3 is 25.3 Å². The quantitative estimate of drug-likeness (QED) is 0.617. The van der Waals surface area contributed by atoms with E-state index in [9.17, 15) is 9.59 Å². The van der Waals surface area contributed by atoms with Crippen LogP contribution in [0.1, 0.15) is 12.5 Å². The van der Waals surface area contributed by atoms with E-state index in [0.717, 1.165) is 11.1 Å². The van der Waals surface area contributed by atoms with Gasteiger partial charge in [0.05, 0.1) is 18.5 Å². The second-order valence-electron chi connectivity index (χ2n) is 6.04. The summed E-state index contributed by atoms with van der Waals surface area (Å²) in [4.78, 5) is 34.3. The number of aromatic nitrogens is 2. The number of primary amides is 1. The summed E-state index contributed by atoms with van der Waals surface area (Å²) in [6, 6.07) is 3.75. The molecule has 2 aromatic heterocycles. The molecule has 27 heavy (non-hydrogen) atoms. The third kappa shape index (κ3) is 3.84. The van der Waals surface area contributed by atoms with Crippen LogP contribution in [0.5, 0.6) is 0 Å². The fourth-order valence-electron chi connectivity index (χ4n) is 2.98. The number of anilines is 1. The summed E-state index contributed by atoms with van der Waals surface area (Å²) in [6.07, 6.45) is 4.59. The first-order chi connectivity index (χ1) is 13.0. The largest absolute Gasteiger partial charge is 0.450 e. The first kappa shape index (κ1) is 18.3. The maximum Gasteiger partial charge on any atom is 0.409 e. The molecule has 140 valence electrons. The zero-order valence-electron chi connectivity index (χ0n) is 14.9. The molecule has 0 spiro atoms. The number of carbonyl (C=O) groups is 2. The molecular weight excluding hydrogens is 348 g/mol. The average Bonchev–Trinajstić information content (AvgIpc) is 3.08. The highest BCUT2D eigenvalue weighted by atomic mass is 16.6. The Labute approximate surface area is 156 Å². The molecule has 0 saturated carbocycles. The van der Waals surface area contributed by atoms with Crippen molar-refractivity contribution >= 4 is 34.8 Å². The van der Waals surface area contributed by atoms with Crippen LogP contribution < -0.4 is 10.6 Å². The van der Waals surface area contributed by atoms with Gasteiger partial charge in [0.15, 0.2) is 0 Å². The summed E-state index contributed by atoms with van der Waals surface area (Å²) in [5, 5.41) is 9.82. The number of hydrogen-bond donors (Lipinski definition) is 2. The molecule has 1 saturated heterocycles. The van der Waals surface area contributed by atoms with Gasteiger partial charge in [-0.05, 0) is 19.1 Å². The van der Waals surface area contributed by atoms with Crippen LogP contribution in [0, 0.1) is 11.3 Å². The van der Waals surface area contributed by atoms with Crippen LogP contribution in [-0.2, 0) is 9.53 Å². The molecule has 0 radical (unpaired) electrons. The fourth-order valence-corrected chi connectivity index (χ4v) is 2.98. The van der Waals surface area contributed by atoms with E-state index in [-0.39, 0.29) is 11.7 Å².